The van der Waals surface area contributed by atoms with Crippen molar-refractivity contribution in [2.24, 2.45) is 0 Å². The van der Waals surface area contributed by atoms with E-state index in [0.29, 0.717) is 11.6 Å². The molecule has 0 unspecified atom stereocenters. The van der Waals surface area contributed by atoms with E-state index in [2.05, 4.69) is 32.2 Å². The van der Waals surface area contributed by atoms with Crippen LogP contribution in [-0.4, -0.2) is 19.9 Å². The standard InChI is InChI=1S/C9H11N5/c1-2-3-4-10-9-11-5-7-8(14-9)13-6-12-7/h3-6H,2H2,1H3,(H2,10,11,12,13,14). The van der Waals surface area contributed by atoms with E-state index in [1.165, 1.54) is 0 Å². The fourth-order valence-electron chi connectivity index (χ4n) is 1.06. The number of anilines is 1. The molecule has 2 rings (SSSR count). The quantitative estimate of drug-likeness (QED) is 0.771. The van der Waals surface area contributed by atoms with Crippen molar-refractivity contribution in [3.63, 3.8) is 0 Å². The van der Waals surface area contributed by atoms with Crippen LogP contribution in [0.1, 0.15) is 13.3 Å². The van der Waals surface area contributed by atoms with Crippen molar-refractivity contribution in [2.45, 2.75) is 13.3 Å². The first-order chi connectivity index (χ1) is 6.90. The Morgan fingerprint density at radius 2 is 2.43 bits per heavy atom. The molecule has 0 radical (unpaired) electrons. The monoisotopic (exact) mass is 189 g/mol. The summed E-state index contributed by atoms with van der Waals surface area (Å²) in [5, 5.41) is 2.97. The minimum atomic E-state index is 0.564. The molecule has 2 aromatic rings. The number of nitrogens with one attached hydrogen (secondary N) is 2. The number of hydrogen-bond acceptors (Lipinski definition) is 4. The van der Waals surface area contributed by atoms with Crippen molar-refractivity contribution in [3.8, 4) is 0 Å². The molecule has 0 aromatic carbocycles. The van der Waals surface area contributed by atoms with E-state index in [1.54, 1.807) is 12.5 Å². The number of imidazole rings is 1. The molecule has 0 atom stereocenters. The van der Waals surface area contributed by atoms with E-state index in [-0.39, 0.29) is 0 Å². The SMILES string of the molecule is CCC=CNc1ncc2[nH]cnc2n1. The maximum absolute atomic E-state index is 4.19. The molecule has 2 aromatic heterocycles. The van der Waals surface area contributed by atoms with Gasteiger partial charge in [-0.3, -0.25) is 0 Å². The van der Waals surface area contributed by atoms with E-state index >= 15 is 0 Å². The van der Waals surface area contributed by atoms with Gasteiger partial charge in [0.05, 0.1) is 12.5 Å². The molecule has 0 aliphatic carbocycles. The highest BCUT2D eigenvalue weighted by molar-refractivity contribution is 5.69. The molecule has 0 amide bonds. The van der Waals surface area contributed by atoms with E-state index in [9.17, 15) is 0 Å². The molecular weight excluding hydrogens is 178 g/mol. The number of hydrogen-bond donors (Lipinski definition) is 2. The lowest BCUT2D eigenvalue weighted by atomic mass is 10.5. The van der Waals surface area contributed by atoms with Gasteiger partial charge < -0.3 is 10.3 Å². The first-order valence-electron chi connectivity index (χ1n) is 4.48. The summed E-state index contributed by atoms with van der Waals surface area (Å²) in [7, 11) is 0. The summed E-state index contributed by atoms with van der Waals surface area (Å²) in [6, 6.07) is 0. The third kappa shape index (κ3) is 1.71. The summed E-state index contributed by atoms with van der Waals surface area (Å²) in [6.07, 6.45) is 8.12. The van der Waals surface area contributed by atoms with Crippen molar-refractivity contribution in [2.75, 3.05) is 5.32 Å². The van der Waals surface area contributed by atoms with Crippen LogP contribution < -0.4 is 5.32 Å². The van der Waals surface area contributed by atoms with Crippen LogP contribution in [-0.2, 0) is 0 Å². The van der Waals surface area contributed by atoms with Gasteiger partial charge in [-0.2, -0.15) is 4.98 Å². The smallest absolute Gasteiger partial charge is 0.228 e. The summed E-state index contributed by atoms with van der Waals surface area (Å²) in [5.41, 5.74) is 1.52. The van der Waals surface area contributed by atoms with Gasteiger partial charge in [0.25, 0.3) is 0 Å². The zero-order valence-electron chi connectivity index (χ0n) is 7.86. The molecule has 0 saturated carbocycles. The summed E-state index contributed by atoms with van der Waals surface area (Å²) in [4.78, 5) is 15.3. The Kier molecular flexibility index (Phi) is 2.40. The van der Waals surface area contributed by atoms with Crippen LogP contribution in [0.4, 0.5) is 5.95 Å². The Hall–Kier alpha value is -1.91. The second-order valence-corrected chi connectivity index (χ2v) is 2.79. The molecule has 0 spiro atoms. The molecule has 2 heterocycles. The van der Waals surface area contributed by atoms with Gasteiger partial charge in [0.2, 0.25) is 5.95 Å². The van der Waals surface area contributed by atoms with Gasteiger partial charge in [-0.15, -0.1) is 0 Å². The molecule has 2 N–H and O–H groups in total. The summed E-state index contributed by atoms with van der Waals surface area (Å²) in [6.45, 7) is 2.07. The van der Waals surface area contributed by atoms with Crippen molar-refractivity contribution in [1.82, 2.24) is 19.9 Å². The number of aromatic amines is 1. The lowest BCUT2D eigenvalue weighted by Crippen LogP contribution is -1.94. The number of nitrogens with zero attached hydrogens (tertiary/aromatic N) is 3. The van der Waals surface area contributed by atoms with Gasteiger partial charge in [-0.1, -0.05) is 13.0 Å². The molecule has 0 fully saturated rings. The average molecular weight is 189 g/mol. The second-order valence-electron chi connectivity index (χ2n) is 2.79. The molecule has 0 saturated heterocycles. The molecule has 14 heavy (non-hydrogen) atoms. The van der Waals surface area contributed by atoms with Crippen molar-refractivity contribution >= 4 is 17.1 Å². The summed E-state index contributed by atoms with van der Waals surface area (Å²) in [5.74, 6) is 0.564. The van der Waals surface area contributed by atoms with Gasteiger partial charge in [-0.05, 0) is 12.6 Å². The number of allylic oxidation sites excluding steroid dienone is 1. The lowest BCUT2D eigenvalue weighted by Gasteiger charge is -1.96. The van der Waals surface area contributed by atoms with Gasteiger partial charge in [0, 0.05) is 0 Å². The van der Waals surface area contributed by atoms with Crippen LogP contribution in [0, 0.1) is 0 Å². The highest BCUT2D eigenvalue weighted by atomic mass is 15.1. The number of rotatable bonds is 3. The number of H-pyrrole nitrogens is 1. The van der Waals surface area contributed by atoms with Gasteiger partial charge in [0.1, 0.15) is 5.52 Å². The molecule has 0 aliphatic rings. The minimum absolute atomic E-state index is 0.564. The van der Waals surface area contributed by atoms with Crippen molar-refractivity contribution < 1.29 is 0 Å². The van der Waals surface area contributed by atoms with Crippen LogP contribution in [0.2, 0.25) is 0 Å². The third-order valence-electron chi connectivity index (χ3n) is 1.74. The fraction of sp³-hybridized carbons (Fsp3) is 0.222. The molecule has 0 aliphatic heterocycles. The first kappa shape index (κ1) is 8.68. The zero-order chi connectivity index (χ0) is 9.80. The normalized spacial score (nSPS) is 11.2. The maximum atomic E-state index is 4.19. The van der Waals surface area contributed by atoms with Crippen LogP contribution in [0.5, 0.6) is 0 Å². The van der Waals surface area contributed by atoms with E-state index in [0.717, 1.165) is 11.9 Å². The molecule has 0 bridgehead atoms. The predicted molar refractivity (Wildman–Crippen MR) is 54.7 cm³/mol. The molecule has 5 heteroatoms. The minimum Gasteiger partial charge on any atom is -0.342 e. The summed E-state index contributed by atoms with van der Waals surface area (Å²) >= 11 is 0. The highest BCUT2D eigenvalue weighted by Crippen LogP contribution is 2.06. The van der Waals surface area contributed by atoms with Crippen LogP contribution >= 0.6 is 0 Å². The Balaban J connectivity index is 2.21. The van der Waals surface area contributed by atoms with E-state index in [4.69, 9.17) is 0 Å². The second kappa shape index (κ2) is 3.87. The van der Waals surface area contributed by atoms with E-state index < -0.39 is 0 Å². The van der Waals surface area contributed by atoms with Gasteiger partial charge in [0.15, 0.2) is 5.65 Å². The molecule has 72 valence electrons. The van der Waals surface area contributed by atoms with Gasteiger partial charge in [-0.25, -0.2) is 9.97 Å². The Labute approximate surface area is 81.3 Å². The Morgan fingerprint density at radius 3 is 3.29 bits per heavy atom. The summed E-state index contributed by atoms with van der Waals surface area (Å²) < 4.78 is 0. The third-order valence-corrected chi connectivity index (χ3v) is 1.74. The predicted octanol–water partition coefficient (Wildman–Crippen LogP) is 1.69. The number of fused-ring (bicyclic) bond motifs is 1. The topological polar surface area (TPSA) is 66.5 Å². The lowest BCUT2D eigenvalue weighted by molar-refractivity contribution is 1.17. The van der Waals surface area contributed by atoms with Crippen LogP contribution in [0.15, 0.2) is 24.8 Å². The molecular formula is C9H11N5. The van der Waals surface area contributed by atoms with Crippen LogP contribution in [0.3, 0.4) is 0 Å². The Bertz CT molecular complexity index is 445. The van der Waals surface area contributed by atoms with Crippen molar-refractivity contribution in [3.05, 3.63) is 24.8 Å². The Morgan fingerprint density at radius 1 is 1.50 bits per heavy atom. The maximum Gasteiger partial charge on any atom is 0.228 e. The largest absolute Gasteiger partial charge is 0.342 e. The van der Waals surface area contributed by atoms with Gasteiger partial charge >= 0.3 is 0 Å². The average Bonchev–Trinajstić information content (AvgIpc) is 2.65. The van der Waals surface area contributed by atoms with Crippen LogP contribution in [0.25, 0.3) is 11.2 Å². The number of aromatic nitrogens is 4. The first-order valence-corrected chi connectivity index (χ1v) is 4.48. The zero-order valence-corrected chi connectivity index (χ0v) is 7.86. The van der Waals surface area contributed by atoms with E-state index in [1.807, 2.05) is 12.3 Å². The fourth-order valence-corrected chi connectivity index (χ4v) is 1.06. The highest BCUT2D eigenvalue weighted by Gasteiger charge is 1.98. The molecule has 5 nitrogen and oxygen atoms in total. The van der Waals surface area contributed by atoms with Crippen molar-refractivity contribution in [1.29, 1.82) is 0 Å².